The van der Waals surface area contributed by atoms with Crippen LogP contribution in [0.3, 0.4) is 0 Å². The molecule has 0 aliphatic carbocycles. The first kappa shape index (κ1) is 17.9. The van der Waals surface area contributed by atoms with E-state index in [0.29, 0.717) is 22.1 Å². The number of carbonyl (C=O) groups is 2. The highest BCUT2D eigenvalue weighted by Gasteiger charge is 2.12. The lowest BCUT2D eigenvalue weighted by molar-refractivity contribution is 0.0472. The normalized spacial score (nSPS) is 10.5. The first-order valence-electron chi connectivity index (χ1n) is 7.56. The van der Waals surface area contributed by atoms with Crippen LogP contribution in [0.4, 0.5) is 0 Å². The lowest BCUT2D eigenvalue weighted by atomic mass is 10.1. The average molecular weight is 417 g/mol. The zero-order chi connectivity index (χ0) is 18.7. The molecule has 0 fully saturated rings. The van der Waals surface area contributed by atoms with Gasteiger partial charge in [0.25, 0.3) is 0 Å². The summed E-state index contributed by atoms with van der Waals surface area (Å²) in [5.41, 5.74) is 1.04. The van der Waals surface area contributed by atoms with Crippen LogP contribution in [0, 0.1) is 0 Å². The van der Waals surface area contributed by atoms with Crippen LogP contribution < -0.4 is 5.63 Å². The summed E-state index contributed by atoms with van der Waals surface area (Å²) in [5, 5.41) is 0.682. The second-order valence-electron chi connectivity index (χ2n) is 5.38. The SMILES string of the molecule is COC(=O)c1ccc(C(=O)OCc2cc(=O)oc3cc(Br)ccc23)cc1. The van der Waals surface area contributed by atoms with Gasteiger partial charge in [-0.2, -0.15) is 0 Å². The number of esters is 2. The Labute approximate surface area is 156 Å². The number of hydrogen-bond acceptors (Lipinski definition) is 6. The standard InChI is InChI=1S/C19H13BrO6/c1-24-18(22)11-2-4-12(5-3-11)19(23)25-10-13-8-17(21)26-16-9-14(20)6-7-15(13)16/h2-9H,10H2,1H3. The molecule has 0 N–H and O–H groups in total. The maximum Gasteiger partial charge on any atom is 0.338 e. The highest BCUT2D eigenvalue weighted by atomic mass is 79.9. The van der Waals surface area contributed by atoms with Crippen molar-refractivity contribution in [2.45, 2.75) is 6.61 Å². The van der Waals surface area contributed by atoms with Crippen molar-refractivity contribution < 1.29 is 23.5 Å². The second-order valence-corrected chi connectivity index (χ2v) is 6.29. The summed E-state index contributed by atoms with van der Waals surface area (Å²) in [6, 6.07) is 12.5. The molecular formula is C19H13BrO6. The lowest BCUT2D eigenvalue weighted by Gasteiger charge is -2.08. The molecule has 6 nitrogen and oxygen atoms in total. The van der Waals surface area contributed by atoms with Crippen LogP contribution in [0.5, 0.6) is 0 Å². The molecule has 0 aliphatic rings. The number of carbonyl (C=O) groups excluding carboxylic acids is 2. The third-order valence-corrected chi connectivity index (χ3v) is 4.19. The van der Waals surface area contributed by atoms with Crippen molar-refractivity contribution in [1.29, 1.82) is 0 Å². The number of ether oxygens (including phenoxy) is 2. The highest BCUT2D eigenvalue weighted by molar-refractivity contribution is 9.10. The predicted octanol–water partition coefficient (Wildman–Crippen LogP) is 3.70. The van der Waals surface area contributed by atoms with Gasteiger partial charge in [0.15, 0.2) is 0 Å². The predicted molar refractivity (Wildman–Crippen MR) is 97.1 cm³/mol. The minimum Gasteiger partial charge on any atom is -0.465 e. The summed E-state index contributed by atoms with van der Waals surface area (Å²) in [5.74, 6) is -1.06. The summed E-state index contributed by atoms with van der Waals surface area (Å²) in [7, 11) is 1.28. The number of fused-ring (bicyclic) bond motifs is 1. The monoisotopic (exact) mass is 416 g/mol. The molecule has 3 rings (SSSR count). The van der Waals surface area contributed by atoms with Crippen LogP contribution in [0.15, 0.2) is 62.2 Å². The lowest BCUT2D eigenvalue weighted by Crippen LogP contribution is -2.08. The molecule has 0 radical (unpaired) electrons. The van der Waals surface area contributed by atoms with Crippen LogP contribution in [-0.2, 0) is 16.1 Å². The second kappa shape index (κ2) is 7.53. The van der Waals surface area contributed by atoms with E-state index in [-0.39, 0.29) is 12.2 Å². The Morgan fingerprint density at radius 2 is 1.65 bits per heavy atom. The van der Waals surface area contributed by atoms with Crippen LogP contribution in [-0.4, -0.2) is 19.0 Å². The van der Waals surface area contributed by atoms with Crippen molar-refractivity contribution in [2.24, 2.45) is 0 Å². The summed E-state index contributed by atoms with van der Waals surface area (Å²) in [6.07, 6.45) is 0. The summed E-state index contributed by atoms with van der Waals surface area (Å²) in [4.78, 5) is 35.3. The smallest absolute Gasteiger partial charge is 0.338 e. The highest BCUT2D eigenvalue weighted by Crippen LogP contribution is 2.22. The van der Waals surface area contributed by atoms with E-state index in [1.807, 2.05) is 0 Å². The van der Waals surface area contributed by atoms with E-state index < -0.39 is 17.6 Å². The fourth-order valence-corrected chi connectivity index (χ4v) is 2.75. The van der Waals surface area contributed by atoms with Crippen LogP contribution >= 0.6 is 15.9 Å². The molecule has 0 bridgehead atoms. The maximum absolute atomic E-state index is 12.2. The number of benzene rings is 2. The van der Waals surface area contributed by atoms with Gasteiger partial charge in [-0.05, 0) is 42.5 Å². The van der Waals surface area contributed by atoms with Crippen LogP contribution in [0.1, 0.15) is 26.3 Å². The van der Waals surface area contributed by atoms with Gasteiger partial charge in [-0.3, -0.25) is 0 Å². The third-order valence-electron chi connectivity index (χ3n) is 3.69. The van der Waals surface area contributed by atoms with Gasteiger partial charge < -0.3 is 13.9 Å². The Morgan fingerprint density at radius 1 is 1.00 bits per heavy atom. The van der Waals surface area contributed by atoms with E-state index in [9.17, 15) is 14.4 Å². The van der Waals surface area contributed by atoms with Gasteiger partial charge in [0.2, 0.25) is 0 Å². The molecule has 0 amide bonds. The van der Waals surface area contributed by atoms with Crippen molar-refractivity contribution >= 4 is 38.8 Å². The quantitative estimate of drug-likeness (QED) is 0.476. The van der Waals surface area contributed by atoms with Crippen LogP contribution in [0.2, 0.25) is 0 Å². The molecule has 0 saturated heterocycles. The maximum atomic E-state index is 12.2. The van der Waals surface area contributed by atoms with Crippen molar-refractivity contribution in [1.82, 2.24) is 0 Å². The number of hydrogen-bond donors (Lipinski definition) is 0. The summed E-state index contributed by atoms with van der Waals surface area (Å²) < 4.78 is 15.8. The molecule has 7 heteroatoms. The Bertz CT molecular complexity index is 1040. The Morgan fingerprint density at radius 3 is 2.31 bits per heavy atom. The van der Waals surface area contributed by atoms with Gasteiger partial charge >= 0.3 is 17.6 Å². The van der Waals surface area contributed by atoms with E-state index in [1.165, 1.54) is 37.4 Å². The minimum absolute atomic E-state index is 0.0820. The molecule has 0 saturated carbocycles. The Kier molecular flexibility index (Phi) is 5.18. The molecular weight excluding hydrogens is 404 g/mol. The van der Waals surface area contributed by atoms with Gasteiger partial charge in [-0.25, -0.2) is 14.4 Å². The molecule has 0 atom stereocenters. The Balaban J connectivity index is 1.78. The number of rotatable bonds is 4. The van der Waals surface area contributed by atoms with E-state index in [4.69, 9.17) is 9.15 Å². The van der Waals surface area contributed by atoms with Gasteiger partial charge in [-0.15, -0.1) is 0 Å². The van der Waals surface area contributed by atoms with Crippen LogP contribution in [0.25, 0.3) is 11.0 Å². The number of halogens is 1. The summed E-state index contributed by atoms with van der Waals surface area (Å²) in [6.45, 7) is -0.0820. The van der Waals surface area contributed by atoms with Crippen molar-refractivity contribution in [3.05, 3.63) is 80.1 Å². The molecule has 132 valence electrons. The average Bonchev–Trinajstić information content (AvgIpc) is 2.64. The van der Waals surface area contributed by atoms with E-state index in [0.717, 1.165) is 4.47 Å². The topological polar surface area (TPSA) is 82.8 Å². The molecule has 3 aromatic rings. The fourth-order valence-electron chi connectivity index (χ4n) is 2.41. The minimum atomic E-state index is -0.570. The zero-order valence-electron chi connectivity index (χ0n) is 13.7. The van der Waals surface area contributed by atoms with Gasteiger partial charge in [0, 0.05) is 21.5 Å². The molecule has 0 unspecified atom stereocenters. The number of methoxy groups -OCH3 is 1. The summed E-state index contributed by atoms with van der Waals surface area (Å²) >= 11 is 3.32. The largest absolute Gasteiger partial charge is 0.465 e. The molecule has 2 aromatic carbocycles. The molecule has 26 heavy (non-hydrogen) atoms. The third kappa shape index (κ3) is 3.83. The zero-order valence-corrected chi connectivity index (χ0v) is 15.2. The van der Waals surface area contributed by atoms with Crippen molar-refractivity contribution in [2.75, 3.05) is 7.11 Å². The van der Waals surface area contributed by atoms with Crippen molar-refractivity contribution in [3.8, 4) is 0 Å². The molecule has 1 aromatic heterocycles. The first-order valence-corrected chi connectivity index (χ1v) is 8.35. The van der Waals surface area contributed by atoms with E-state index in [1.54, 1.807) is 18.2 Å². The molecule has 1 heterocycles. The molecule has 0 spiro atoms. The van der Waals surface area contributed by atoms with Crippen molar-refractivity contribution in [3.63, 3.8) is 0 Å². The van der Waals surface area contributed by atoms with Gasteiger partial charge in [0.1, 0.15) is 12.2 Å². The van der Waals surface area contributed by atoms with E-state index in [2.05, 4.69) is 20.7 Å². The first-order chi connectivity index (χ1) is 12.5. The van der Waals surface area contributed by atoms with Gasteiger partial charge in [-0.1, -0.05) is 15.9 Å². The van der Waals surface area contributed by atoms with Gasteiger partial charge in [0.05, 0.1) is 18.2 Å². The Hall–Kier alpha value is -2.93. The fraction of sp³-hybridized carbons (Fsp3) is 0.105. The molecule has 0 aliphatic heterocycles. The van der Waals surface area contributed by atoms with E-state index >= 15 is 0 Å².